The SMILES string of the molecule is Cc1nc2ccc(NC(=O)CCC3CCNCC3)cc2s1. The summed E-state index contributed by atoms with van der Waals surface area (Å²) in [5.74, 6) is 0.817. The van der Waals surface area contributed by atoms with Crippen molar-refractivity contribution in [2.75, 3.05) is 18.4 Å². The Labute approximate surface area is 129 Å². The molecule has 0 spiro atoms. The molecule has 1 fully saturated rings. The lowest BCUT2D eigenvalue weighted by Crippen LogP contribution is -2.28. The molecule has 112 valence electrons. The number of rotatable bonds is 4. The minimum absolute atomic E-state index is 0.120. The third kappa shape index (κ3) is 3.80. The molecule has 1 aromatic heterocycles. The largest absolute Gasteiger partial charge is 0.326 e. The topological polar surface area (TPSA) is 54.0 Å². The second kappa shape index (κ2) is 6.54. The highest BCUT2D eigenvalue weighted by Crippen LogP contribution is 2.25. The third-order valence-electron chi connectivity index (χ3n) is 4.02. The van der Waals surface area contributed by atoms with Crippen LogP contribution in [0.25, 0.3) is 10.2 Å². The average molecular weight is 303 g/mol. The first kappa shape index (κ1) is 14.5. The van der Waals surface area contributed by atoms with Gasteiger partial charge in [-0.25, -0.2) is 4.98 Å². The van der Waals surface area contributed by atoms with Crippen LogP contribution in [0.1, 0.15) is 30.7 Å². The van der Waals surface area contributed by atoms with Gasteiger partial charge < -0.3 is 10.6 Å². The van der Waals surface area contributed by atoms with E-state index in [1.807, 2.05) is 25.1 Å². The lowest BCUT2D eigenvalue weighted by Gasteiger charge is -2.22. The van der Waals surface area contributed by atoms with Crippen molar-refractivity contribution >= 4 is 33.1 Å². The van der Waals surface area contributed by atoms with E-state index in [1.165, 1.54) is 12.8 Å². The van der Waals surface area contributed by atoms with Gasteiger partial charge in [0.1, 0.15) is 0 Å². The van der Waals surface area contributed by atoms with E-state index >= 15 is 0 Å². The Morgan fingerprint density at radius 1 is 1.43 bits per heavy atom. The van der Waals surface area contributed by atoms with Gasteiger partial charge in [0.2, 0.25) is 5.91 Å². The quantitative estimate of drug-likeness (QED) is 0.911. The van der Waals surface area contributed by atoms with E-state index in [0.717, 1.165) is 40.4 Å². The zero-order chi connectivity index (χ0) is 14.7. The van der Waals surface area contributed by atoms with E-state index in [2.05, 4.69) is 15.6 Å². The summed E-state index contributed by atoms with van der Waals surface area (Å²) < 4.78 is 1.13. The number of thiazole rings is 1. The maximum absolute atomic E-state index is 12.1. The van der Waals surface area contributed by atoms with Crippen LogP contribution in [0.5, 0.6) is 0 Å². The van der Waals surface area contributed by atoms with Crippen molar-refractivity contribution < 1.29 is 4.79 Å². The molecule has 21 heavy (non-hydrogen) atoms. The summed E-state index contributed by atoms with van der Waals surface area (Å²) in [6, 6.07) is 5.92. The van der Waals surface area contributed by atoms with Gasteiger partial charge in [-0.3, -0.25) is 4.79 Å². The van der Waals surface area contributed by atoms with E-state index in [1.54, 1.807) is 11.3 Å². The number of nitrogens with one attached hydrogen (secondary N) is 2. The number of carbonyl (C=O) groups excluding carboxylic acids is 1. The Bertz CT molecular complexity index is 631. The molecule has 0 saturated carbocycles. The minimum atomic E-state index is 0.120. The van der Waals surface area contributed by atoms with Crippen molar-refractivity contribution in [3.63, 3.8) is 0 Å². The molecule has 5 heteroatoms. The number of fused-ring (bicyclic) bond motifs is 1. The summed E-state index contributed by atoms with van der Waals surface area (Å²) in [6.45, 7) is 4.18. The van der Waals surface area contributed by atoms with Crippen LogP contribution in [0.3, 0.4) is 0 Å². The predicted molar refractivity (Wildman–Crippen MR) is 87.8 cm³/mol. The van der Waals surface area contributed by atoms with Crippen LogP contribution in [0.2, 0.25) is 0 Å². The van der Waals surface area contributed by atoms with Gasteiger partial charge >= 0.3 is 0 Å². The van der Waals surface area contributed by atoms with Gasteiger partial charge in [-0.2, -0.15) is 0 Å². The first-order chi connectivity index (χ1) is 10.2. The predicted octanol–water partition coefficient (Wildman–Crippen LogP) is 3.32. The average Bonchev–Trinajstić information content (AvgIpc) is 2.85. The van der Waals surface area contributed by atoms with Gasteiger partial charge in [-0.15, -0.1) is 11.3 Å². The molecule has 2 N–H and O–H groups in total. The molecule has 1 aliphatic rings. The van der Waals surface area contributed by atoms with Crippen LogP contribution in [0, 0.1) is 12.8 Å². The Kier molecular flexibility index (Phi) is 4.51. The first-order valence-electron chi connectivity index (χ1n) is 7.58. The second-order valence-corrected chi connectivity index (χ2v) is 6.93. The molecule has 1 amide bonds. The first-order valence-corrected chi connectivity index (χ1v) is 8.40. The Morgan fingerprint density at radius 2 is 2.24 bits per heavy atom. The summed E-state index contributed by atoms with van der Waals surface area (Å²) in [5, 5.41) is 7.42. The van der Waals surface area contributed by atoms with Gasteiger partial charge in [0, 0.05) is 12.1 Å². The van der Waals surface area contributed by atoms with Crippen LogP contribution < -0.4 is 10.6 Å². The molecule has 2 heterocycles. The molecular formula is C16H21N3OS. The molecule has 3 rings (SSSR count). The number of carbonyl (C=O) groups is 1. The Hall–Kier alpha value is -1.46. The van der Waals surface area contributed by atoms with Crippen LogP contribution in [-0.2, 0) is 4.79 Å². The van der Waals surface area contributed by atoms with Gasteiger partial charge in [-0.1, -0.05) is 0 Å². The molecular weight excluding hydrogens is 282 g/mol. The third-order valence-corrected chi connectivity index (χ3v) is 4.95. The number of hydrogen-bond acceptors (Lipinski definition) is 4. The number of nitrogens with zero attached hydrogens (tertiary/aromatic N) is 1. The highest BCUT2D eigenvalue weighted by molar-refractivity contribution is 7.18. The zero-order valence-corrected chi connectivity index (χ0v) is 13.1. The number of aryl methyl sites for hydroxylation is 1. The molecule has 0 atom stereocenters. The van der Waals surface area contributed by atoms with Gasteiger partial charge in [0.15, 0.2) is 0 Å². The summed E-state index contributed by atoms with van der Waals surface area (Å²) in [4.78, 5) is 16.5. The van der Waals surface area contributed by atoms with E-state index in [4.69, 9.17) is 0 Å². The summed E-state index contributed by atoms with van der Waals surface area (Å²) >= 11 is 1.66. The lowest BCUT2D eigenvalue weighted by molar-refractivity contribution is -0.116. The molecule has 0 radical (unpaired) electrons. The highest BCUT2D eigenvalue weighted by Gasteiger charge is 2.14. The summed E-state index contributed by atoms with van der Waals surface area (Å²) in [5.41, 5.74) is 1.88. The van der Waals surface area contributed by atoms with Crippen molar-refractivity contribution in [1.29, 1.82) is 0 Å². The van der Waals surface area contributed by atoms with Gasteiger partial charge in [0.25, 0.3) is 0 Å². The fourth-order valence-corrected chi connectivity index (χ4v) is 3.71. The maximum Gasteiger partial charge on any atom is 0.224 e. The van der Waals surface area contributed by atoms with Crippen molar-refractivity contribution in [2.24, 2.45) is 5.92 Å². The molecule has 1 aromatic carbocycles. The summed E-state index contributed by atoms with van der Waals surface area (Å²) in [6.07, 6.45) is 4.00. The van der Waals surface area contributed by atoms with E-state index in [-0.39, 0.29) is 5.91 Å². The molecule has 1 aliphatic heterocycles. The number of anilines is 1. The molecule has 0 bridgehead atoms. The maximum atomic E-state index is 12.1. The van der Waals surface area contributed by atoms with Crippen molar-refractivity contribution in [1.82, 2.24) is 10.3 Å². The van der Waals surface area contributed by atoms with E-state index in [0.29, 0.717) is 12.3 Å². The Balaban J connectivity index is 1.55. The van der Waals surface area contributed by atoms with Gasteiger partial charge in [0.05, 0.1) is 15.2 Å². The highest BCUT2D eigenvalue weighted by atomic mass is 32.1. The smallest absolute Gasteiger partial charge is 0.224 e. The number of amides is 1. The zero-order valence-electron chi connectivity index (χ0n) is 12.3. The summed E-state index contributed by atoms with van der Waals surface area (Å²) in [7, 11) is 0. The normalized spacial score (nSPS) is 16.2. The van der Waals surface area contributed by atoms with Crippen LogP contribution >= 0.6 is 11.3 Å². The fraction of sp³-hybridized carbons (Fsp3) is 0.500. The van der Waals surface area contributed by atoms with E-state index in [9.17, 15) is 4.79 Å². The fourth-order valence-electron chi connectivity index (χ4n) is 2.85. The minimum Gasteiger partial charge on any atom is -0.326 e. The van der Waals surface area contributed by atoms with Crippen molar-refractivity contribution in [3.8, 4) is 0 Å². The number of aromatic nitrogens is 1. The molecule has 4 nitrogen and oxygen atoms in total. The standard InChI is InChI=1S/C16H21N3OS/c1-11-18-14-4-3-13(10-15(14)21-11)19-16(20)5-2-12-6-8-17-9-7-12/h3-4,10,12,17H,2,5-9H2,1H3,(H,19,20). The molecule has 0 unspecified atom stereocenters. The molecule has 1 saturated heterocycles. The lowest BCUT2D eigenvalue weighted by atomic mass is 9.93. The molecule has 0 aliphatic carbocycles. The Morgan fingerprint density at radius 3 is 3.05 bits per heavy atom. The number of benzene rings is 1. The van der Waals surface area contributed by atoms with Crippen molar-refractivity contribution in [3.05, 3.63) is 23.2 Å². The number of piperidine rings is 1. The molecule has 2 aromatic rings. The van der Waals surface area contributed by atoms with Crippen LogP contribution in [0.4, 0.5) is 5.69 Å². The number of hydrogen-bond donors (Lipinski definition) is 2. The monoisotopic (exact) mass is 303 g/mol. The van der Waals surface area contributed by atoms with Crippen molar-refractivity contribution in [2.45, 2.75) is 32.6 Å². The second-order valence-electron chi connectivity index (χ2n) is 5.70. The van der Waals surface area contributed by atoms with Crippen LogP contribution in [0.15, 0.2) is 18.2 Å². The van der Waals surface area contributed by atoms with Crippen LogP contribution in [-0.4, -0.2) is 24.0 Å². The van der Waals surface area contributed by atoms with Gasteiger partial charge in [-0.05, 0) is 63.4 Å². The van der Waals surface area contributed by atoms with E-state index < -0.39 is 0 Å².